The summed E-state index contributed by atoms with van der Waals surface area (Å²) in [6, 6.07) is 8.16. The smallest absolute Gasteiger partial charge is 0.430 e. The van der Waals surface area contributed by atoms with Crippen molar-refractivity contribution in [3.63, 3.8) is 0 Å². The Kier molecular flexibility index (Phi) is 9.91. The molecule has 3 amide bonds. The minimum Gasteiger partial charge on any atom is -0.493 e. The number of rotatable bonds is 12. The summed E-state index contributed by atoms with van der Waals surface area (Å²) in [6.07, 6.45) is -10.2. The number of unbranched alkanes of at least 4 members (excludes halogenated alkanes) is 1. The van der Waals surface area contributed by atoms with Crippen LogP contribution in [0.4, 0.5) is 31.1 Å². The van der Waals surface area contributed by atoms with Gasteiger partial charge in [0.25, 0.3) is 11.5 Å². The Morgan fingerprint density at radius 2 is 1.43 bits per heavy atom. The van der Waals surface area contributed by atoms with Crippen LogP contribution >= 0.6 is 0 Å². The number of nitrogens with one attached hydrogen (secondary N) is 1. The number of ether oxygens (including phenoxy) is 1. The summed E-state index contributed by atoms with van der Waals surface area (Å²) in [5.41, 5.74) is -5.61. The fourth-order valence-electron chi connectivity index (χ4n) is 5.08. The largest absolute Gasteiger partial charge is 0.493 e. The van der Waals surface area contributed by atoms with Gasteiger partial charge in [-0.15, -0.1) is 0 Å². The van der Waals surface area contributed by atoms with E-state index >= 15 is 0 Å². The van der Waals surface area contributed by atoms with Crippen LogP contribution in [-0.4, -0.2) is 47.4 Å². The van der Waals surface area contributed by atoms with Gasteiger partial charge in [-0.1, -0.05) is 56.5 Å². The number of halogens is 6. The summed E-state index contributed by atoms with van der Waals surface area (Å²) in [5, 5.41) is 12.7. The molecule has 232 valence electrons. The van der Waals surface area contributed by atoms with Crippen LogP contribution in [0.1, 0.15) is 74.3 Å². The standard InChI is InChI=1S/C30H36F6N2O4/c1-5-9-20-17-23(28(41,29(31,32)33)30(34,35)36)18-21(10-6-2)24(20)42-16-8-7-15-38-25(39)27(4,37-26(38)40)22-13-11-19(3)12-14-22/h11-14,17-18,41H,5-10,15-16H2,1-4H3,(H,37,40). The van der Waals surface area contributed by atoms with Crippen LogP contribution < -0.4 is 10.1 Å². The van der Waals surface area contributed by atoms with Crippen molar-refractivity contribution in [1.82, 2.24) is 10.2 Å². The molecule has 1 saturated heterocycles. The van der Waals surface area contributed by atoms with Crippen molar-refractivity contribution in [3.8, 4) is 5.75 Å². The first kappa shape index (κ1) is 33.2. The van der Waals surface area contributed by atoms with Gasteiger partial charge in [0.05, 0.1) is 6.61 Å². The molecule has 0 radical (unpaired) electrons. The second-order valence-corrected chi connectivity index (χ2v) is 10.8. The van der Waals surface area contributed by atoms with Gasteiger partial charge in [0.15, 0.2) is 0 Å². The molecule has 2 aromatic carbocycles. The SMILES string of the molecule is CCCc1cc(C(O)(C(F)(F)F)C(F)(F)F)cc(CCC)c1OCCCCN1C(=O)NC(C)(c2ccc(C)cc2)C1=O. The summed E-state index contributed by atoms with van der Waals surface area (Å²) in [5.74, 6) is -0.207. The summed E-state index contributed by atoms with van der Waals surface area (Å²) in [7, 11) is 0. The Morgan fingerprint density at radius 1 is 0.905 bits per heavy atom. The zero-order valence-electron chi connectivity index (χ0n) is 24.0. The monoisotopic (exact) mass is 602 g/mol. The van der Waals surface area contributed by atoms with E-state index in [1.165, 1.54) is 0 Å². The molecular formula is C30H36F6N2O4. The van der Waals surface area contributed by atoms with Crippen LogP contribution in [0, 0.1) is 6.92 Å². The molecule has 1 aliphatic rings. The lowest BCUT2D eigenvalue weighted by molar-refractivity contribution is -0.376. The Balaban J connectivity index is 1.75. The minimum atomic E-state index is -5.99. The Morgan fingerprint density at radius 3 is 1.90 bits per heavy atom. The van der Waals surface area contributed by atoms with Crippen molar-refractivity contribution < 1.29 is 45.8 Å². The van der Waals surface area contributed by atoms with Gasteiger partial charge in [-0.3, -0.25) is 9.69 Å². The average molecular weight is 603 g/mol. The van der Waals surface area contributed by atoms with Crippen molar-refractivity contribution in [2.75, 3.05) is 13.2 Å². The number of carbonyl (C=O) groups excluding carboxylic acids is 2. The summed E-state index contributed by atoms with van der Waals surface area (Å²) < 4.78 is 87.5. The Bertz CT molecular complexity index is 1240. The Hall–Kier alpha value is -3.28. The molecular weight excluding hydrogens is 566 g/mol. The summed E-state index contributed by atoms with van der Waals surface area (Å²) >= 11 is 0. The number of aryl methyl sites for hydroxylation is 3. The van der Waals surface area contributed by atoms with Crippen molar-refractivity contribution in [3.05, 3.63) is 64.2 Å². The second-order valence-electron chi connectivity index (χ2n) is 10.8. The molecule has 3 rings (SSSR count). The van der Waals surface area contributed by atoms with Gasteiger partial charge in [-0.2, -0.15) is 26.3 Å². The highest BCUT2D eigenvalue weighted by Gasteiger charge is 2.71. The molecule has 12 heteroatoms. The number of hydrogen-bond acceptors (Lipinski definition) is 4. The zero-order chi connectivity index (χ0) is 31.5. The van der Waals surface area contributed by atoms with E-state index in [-0.39, 0.29) is 42.9 Å². The Labute approximate surface area is 241 Å². The van der Waals surface area contributed by atoms with Gasteiger partial charge < -0.3 is 15.2 Å². The molecule has 0 aliphatic carbocycles. The van der Waals surface area contributed by atoms with Crippen LogP contribution in [0.25, 0.3) is 0 Å². The molecule has 2 aromatic rings. The lowest BCUT2D eigenvalue weighted by Gasteiger charge is -2.33. The number of imide groups is 1. The van der Waals surface area contributed by atoms with Gasteiger partial charge in [0.2, 0.25) is 0 Å². The third-order valence-electron chi connectivity index (χ3n) is 7.45. The number of urea groups is 1. The molecule has 42 heavy (non-hydrogen) atoms. The minimum absolute atomic E-state index is 0.0501. The van der Waals surface area contributed by atoms with Crippen LogP contribution in [0.2, 0.25) is 0 Å². The van der Waals surface area contributed by atoms with Gasteiger partial charge in [-0.05, 0) is 68.4 Å². The number of carbonyl (C=O) groups is 2. The summed E-state index contributed by atoms with van der Waals surface area (Å²) in [4.78, 5) is 26.8. The van der Waals surface area contributed by atoms with Gasteiger partial charge >= 0.3 is 18.4 Å². The first-order valence-electron chi connectivity index (χ1n) is 13.9. The first-order valence-corrected chi connectivity index (χ1v) is 13.9. The average Bonchev–Trinajstić information content (AvgIpc) is 3.11. The normalized spacial score (nSPS) is 18.0. The van der Waals surface area contributed by atoms with E-state index in [0.29, 0.717) is 31.2 Å². The van der Waals surface area contributed by atoms with E-state index in [1.807, 2.05) is 19.1 Å². The fraction of sp³-hybridized carbons (Fsp3) is 0.533. The van der Waals surface area contributed by atoms with E-state index in [2.05, 4.69) is 5.32 Å². The number of nitrogens with zero attached hydrogens (tertiary/aromatic N) is 1. The maximum absolute atomic E-state index is 13.6. The van der Waals surface area contributed by atoms with Gasteiger partial charge in [-0.25, -0.2) is 4.79 Å². The predicted octanol–water partition coefficient (Wildman–Crippen LogP) is 6.84. The number of amides is 3. The van der Waals surface area contributed by atoms with E-state index in [9.17, 15) is 41.0 Å². The maximum Gasteiger partial charge on any atom is 0.430 e. The first-order chi connectivity index (χ1) is 19.5. The van der Waals surface area contributed by atoms with Gasteiger partial charge in [0.1, 0.15) is 11.3 Å². The van der Waals surface area contributed by atoms with Crippen molar-refractivity contribution in [2.45, 2.75) is 89.7 Å². The molecule has 0 aromatic heterocycles. The van der Waals surface area contributed by atoms with E-state index in [4.69, 9.17) is 4.74 Å². The molecule has 0 spiro atoms. The number of alkyl halides is 6. The lowest BCUT2D eigenvalue weighted by Crippen LogP contribution is -2.54. The molecule has 1 heterocycles. The zero-order valence-corrected chi connectivity index (χ0v) is 24.0. The van der Waals surface area contributed by atoms with Crippen molar-refractivity contribution >= 4 is 11.9 Å². The molecule has 6 nitrogen and oxygen atoms in total. The number of aliphatic hydroxyl groups is 1. The quantitative estimate of drug-likeness (QED) is 0.159. The molecule has 1 unspecified atom stereocenters. The third-order valence-corrected chi connectivity index (χ3v) is 7.45. The molecule has 2 N–H and O–H groups in total. The van der Waals surface area contributed by atoms with Crippen LogP contribution in [0.3, 0.4) is 0 Å². The molecule has 1 fully saturated rings. The predicted molar refractivity (Wildman–Crippen MR) is 144 cm³/mol. The summed E-state index contributed by atoms with van der Waals surface area (Å²) in [6.45, 7) is 7.13. The molecule has 0 saturated carbocycles. The van der Waals surface area contributed by atoms with Crippen LogP contribution in [-0.2, 0) is 28.8 Å². The van der Waals surface area contributed by atoms with Gasteiger partial charge in [0, 0.05) is 12.1 Å². The number of hydrogen-bond donors (Lipinski definition) is 2. The van der Waals surface area contributed by atoms with E-state index in [1.54, 1.807) is 32.9 Å². The third kappa shape index (κ3) is 6.38. The van der Waals surface area contributed by atoms with Crippen molar-refractivity contribution in [2.24, 2.45) is 0 Å². The molecule has 1 aliphatic heterocycles. The lowest BCUT2D eigenvalue weighted by atomic mass is 9.87. The highest BCUT2D eigenvalue weighted by Crippen LogP contribution is 2.51. The maximum atomic E-state index is 13.6. The topological polar surface area (TPSA) is 78.9 Å². The molecule has 1 atom stereocenters. The highest BCUT2D eigenvalue weighted by atomic mass is 19.4. The second kappa shape index (κ2) is 12.5. The van der Waals surface area contributed by atoms with E-state index < -0.39 is 41.0 Å². The fourth-order valence-corrected chi connectivity index (χ4v) is 5.08. The van der Waals surface area contributed by atoms with Crippen LogP contribution in [0.15, 0.2) is 36.4 Å². The van der Waals surface area contributed by atoms with E-state index in [0.717, 1.165) is 22.6 Å². The van der Waals surface area contributed by atoms with Crippen LogP contribution in [0.5, 0.6) is 5.75 Å². The van der Waals surface area contributed by atoms with Crippen molar-refractivity contribution in [1.29, 1.82) is 0 Å². The molecule has 0 bridgehead atoms. The highest BCUT2D eigenvalue weighted by molar-refractivity contribution is 6.07. The number of benzene rings is 2.